The van der Waals surface area contributed by atoms with E-state index in [1.165, 1.54) is 0 Å². The number of halogens is 1. The molecule has 0 spiro atoms. The average Bonchev–Trinajstić information content (AvgIpc) is 2.72. The molecule has 0 saturated heterocycles. The Balaban J connectivity index is 2.05. The lowest BCUT2D eigenvalue weighted by molar-refractivity contribution is 0.391. The number of rotatable bonds is 4. The van der Waals surface area contributed by atoms with E-state index in [9.17, 15) is 0 Å². The van der Waals surface area contributed by atoms with Crippen molar-refractivity contribution >= 4 is 21.7 Å². The summed E-state index contributed by atoms with van der Waals surface area (Å²) in [4.78, 5) is 8.61. The highest BCUT2D eigenvalue weighted by Crippen LogP contribution is 2.13. The number of anilines is 1. The van der Waals surface area contributed by atoms with E-state index in [-0.39, 0.29) is 0 Å². The van der Waals surface area contributed by atoms with Crippen molar-refractivity contribution in [3.8, 4) is 0 Å². The highest BCUT2D eigenvalue weighted by molar-refractivity contribution is 9.10. The Hall–Kier alpha value is -1.43. The zero-order valence-corrected chi connectivity index (χ0v) is 11.3. The van der Waals surface area contributed by atoms with Crippen LogP contribution in [-0.2, 0) is 13.0 Å². The standard InChI is InChI=1S/C11H13BrN4O/c1-3-10-14-9(12)5-11(15-10)13-6-8-4-7(2)17-16-8/h4-5H,3,6H2,1-2H3,(H,13,14,15). The van der Waals surface area contributed by atoms with Crippen LogP contribution < -0.4 is 5.32 Å². The van der Waals surface area contributed by atoms with Crippen LogP contribution >= 0.6 is 15.9 Å². The van der Waals surface area contributed by atoms with Crippen LogP contribution in [0.1, 0.15) is 24.2 Å². The van der Waals surface area contributed by atoms with Crippen molar-refractivity contribution in [1.29, 1.82) is 0 Å². The molecular formula is C11H13BrN4O. The molecule has 0 atom stereocenters. The molecule has 2 aromatic rings. The molecule has 2 aromatic heterocycles. The third-order valence-electron chi connectivity index (χ3n) is 2.18. The highest BCUT2D eigenvalue weighted by Gasteiger charge is 2.03. The number of hydrogen-bond donors (Lipinski definition) is 1. The van der Waals surface area contributed by atoms with Gasteiger partial charge in [0, 0.05) is 18.6 Å². The van der Waals surface area contributed by atoms with Crippen molar-refractivity contribution in [1.82, 2.24) is 15.1 Å². The molecule has 0 aliphatic heterocycles. The largest absolute Gasteiger partial charge is 0.364 e. The number of aromatic nitrogens is 3. The normalized spacial score (nSPS) is 10.5. The zero-order valence-electron chi connectivity index (χ0n) is 9.70. The van der Waals surface area contributed by atoms with E-state index >= 15 is 0 Å². The van der Waals surface area contributed by atoms with Gasteiger partial charge in [0.1, 0.15) is 27.7 Å². The summed E-state index contributed by atoms with van der Waals surface area (Å²) in [6.07, 6.45) is 0.803. The molecule has 90 valence electrons. The number of hydrogen-bond acceptors (Lipinski definition) is 5. The Morgan fingerprint density at radius 2 is 2.18 bits per heavy atom. The third kappa shape index (κ3) is 3.26. The summed E-state index contributed by atoms with van der Waals surface area (Å²) in [5.41, 5.74) is 0.857. The molecule has 5 nitrogen and oxygen atoms in total. The summed E-state index contributed by atoms with van der Waals surface area (Å²) in [5, 5.41) is 7.09. The molecule has 0 aliphatic carbocycles. The predicted molar refractivity (Wildman–Crippen MR) is 67.7 cm³/mol. The second-order valence-electron chi connectivity index (χ2n) is 3.63. The highest BCUT2D eigenvalue weighted by atomic mass is 79.9. The maximum absolute atomic E-state index is 4.99. The van der Waals surface area contributed by atoms with Crippen molar-refractivity contribution < 1.29 is 4.52 Å². The Morgan fingerprint density at radius 3 is 2.82 bits per heavy atom. The van der Waals surface area contributed by atoms with Gasteiger partial charge in [-0.05, 0) is 22.9 Å². The van der Waals surface area contributed by atoms with Crippen LogP contribution in [0.5, 0.6) is 0 Å². The van der Waals surface area contributed by atoms with Crippen LogP contribution in [0.2, 0.25) is 0 Å². The van der Waals surface area contributed by atoms with Gasteiger partial charge in [0.25, 0.3) is 0 Å². The first-order valence-electron chi connectivity index (χ1n) is 5.37. The maximum atomic E-state index is 4.99. The van der Waals surface area contributed by atoms with E-state index < -0.39 is 0 Å². The molecule has 2 rings (SSSR count). The molecule has 0 aliphatic rings. The number of nitrogens with zero attached hydrogens (tertiary/aromatic N) is 3. The van der Waals surface area contributed by atoms with Crippen LogP contribution in [0, 0.1) is 6.92 Å². The molecule has 0 fully saturated rings. The van der Waals surface area contributed by atoms with Crippen molar-refractivity contribution in [2.24, 2.45) is 0 Å². The van der Waals surface area contributed by atoms with Crippen molar-refractivity contribution in [2.45, 2.75) is 26.8 Å². The Labute approximate surface area is 108 Å². The quantitative estimate of drug-likeness (QED) is 0.879. The SMILES string of the molecule is CCc1nc(Br)cc(NCc2cc(C)on2)n1. The van der Waals surface area contributed by atoms with E-state index in [0.29, 0.717) is 6.54 Å². The summed E-state index contributed by atoms with van der Waals surface area (Å²) in [7, 11) is 0. The fourth-order valence-corrected chi connectivity index (χ4v) is 1.82. The first-order valence-corrected chi connectivity index (χ1v) is 6.16. The van der Waals surface area contributed by atoms with Gasteiger partial charge < -0.3 is 9.84 Å². The van der Waals surface area contributed by atoms with Crippen molar-refractivity contribution in [3.05, 3.63) is 34.0 Å². The Morgan fingerprint density at radius 1 is 1.35 bits per heavy atom. The second kappa shape index (κ2) is 5.27. The van der Waals surface area contributed by atoms with Gasteiger partial charge in [-0.2, -0.15) is 0 Å². The van der Waals surface area contributed by atoms with Gasteiger partial charge in [0.05, 0.1) is 6.54 Å². The van der Waals surface area contributed by atoms with Crippen LogP contribution in [0.3, 0.4) is 0 Å². The molecule has 2 heterocycles. The van der Waals surface area contributed by atoms with Gasteiger partial charge >= 0.3 is 0 Å². The Bertz CT molecular complexity index is 512. The van der Waals surface area contributed by atoms with Crippen LogP contribution in [0.4, 0.5) is 5.82 Å². The topological polar surface area (TPSA) is 63.8 Å². The lowest BCUT2D eigenvalue weighted by Gasteiger charge is -2.05. The number of nitrogens with one attached hydrogen (secondary N) is 1. The fraction of sp³-hybridized carbons (Fsp3) is 0.364. The molecule has 0 unspecified atom stereocenters. The fourth-order valence-electron chi connectivity index (χ4n) is 1.40. The van der Waals surface area contributed by atoms with E-state index in [4.69, 9.17) is 4.52 Å². The molecular weight excluding hydrogens is 284 g/mol. The smallest absolute Gasteiger partial charge is 0.133 e. The van der Waals surface area contributed by atoms with Crippen molar-refractivity contribution in [2.75, 3.05) is 5.32 Å². The third-order valence-corrected chi connectivity index (χ3v) is 2.59. The number of aryl methyl sites for hydroxylation is 2. The molecule has 0 aromatic carbocycles. The van der Waals surface area contributed by atoms with Gasteiger partial charge in [0.15, 0.2) is 0 Å². The summed E-state index contributed by atoms with van der Waals surface area (Å²) in [6, 6.07) is 3.73. The van der Waals surface area contributed by atoms with Gasteiger partial charge in [-0.1, -0.05) is 12.1 Å². The van der Waals surface area contributed by atoms with Crippen LogP contribution in [0.25, 0.3) is 0 Å². The predicted octanol–water partition coefficient (Wildman–Crippen LogP) is 2.71. The second-order valence-corrected chi connectivity index (χ2v) is 4.44. The van der Waals surface area contributed by atoms with Crippen LogP contribution in [0.15, 0.2) is 21.3 Å². The van der Waals surface area contributed by atoms with Gasteiger partial charge in [-0.3, -0.25) is 0 Å². The molecule has 0 radical (unpaired) electrons. The maximum Gasteiger partial charge on any atom is 0.133 e. The van der Waals surface area contributed by atoms with Gasteiger partial charge in [-0.15, -0.1) is 0 Å². The minimum Gasteiger partial charge on any atom is -0.364 e. The van der Waals surface area contributed by atoms with E-state index in [2.05, 4.69) is 36.4 Å². The summed E-state index contributed by atoms with van der Waals surface area (Å²) < 4.78 is 5.77. The Kier molecular flexibility index (Phi) is 3.73. The van der Waals surface area contributed by atoms with E-state index in [1.807, 2.05) is 26.0 Å². The first-order chi connectivity index (χ1) is 8.17. The van der Waals surface area contributed by atoms with E-state index in [1.54, 1.807) is 0 Å². The molecule has 17 heavy (non-hydrogen) atoms. The molecule has 0 amide bonds. The monoisotopic (exact) mass is 296 g/mol. The lowest BCUT2D eigenvalue weighted by atomic mass is 10.3. The zero-order chi connectivity index (χ0) is 12.3. The molecule has 1 N–H and O–H groups in total. The minimum atomic E-state index is 0.587. The summed E-state index contributed by atoms with van der Waals surface area (Å²) in [6.45, 7) is 4.48. The summed E-state index contributed by atoms with van der Waals surface area (Å²) in [5.74, 6) is 2.39. The lowest BCUT2D eigenvalue weighted by Crippen LogP contribution is -2.04. The van der Waals surface area contributed by atoms with E-state index in [0.717, 1.165) is 34.1 Å². The first kappa shape index (κ1) is 12.0. The van der Waals surface area contributed by atoms with Crippen molar-refractivity contribution in [3.63, 3.8) is 0 Å². The van der Waals surface area contributed by atoms with Gasteiger partial charge in [0.2, 0.25) is 0 Å². The minimum absolute atomic E-state index is 0.587. The van der Waals surface area contributed by atoms with Gasteiger partial charge in [-0.25, -0.2) is 9.97 Å². The molecule has 0 bridgehead atoms. The van der Waals surface area contributed by atoms with Crippen LogP contribution in [-0.4, -0.2) is 15.1 Å². The summed E-state index contributed by atoms with van der Waals surface area (Å²) >= 11 is 3.36. The molecule has 6 heteroatoms. The molecule has 0 saturated carbocycles. The average molecular weight is 297 g/mol.